The van der Waals surface area contributed by atoms with Gasteiger partial charge in [0.05, 0.1) is 5.69 Å². The summed E-state index contributed by atoms with van der Waals surface area (Å²) in [6, 6.07) is 8.20. The van der Waals surface area contributed by atoms with Gasteiger partial charge in [0.2, 0.25) is 0 Å². The molecule has 26 heavy (non-hydrogen) atoms. The zero-order valence-corrected chi connectivity index (χ0v) is 15.1. The van der Waals surface area contributed by atoms with E-state index in [1.54, 1.807) is 0 Å². The minimum atomic E-state index is 0.180. The molecule has 1 aromatic heterocycles. The van der Waals surface area contributed by atoms with E-state index in [1.165, 1.54) is 41.8 Å². The Hall–Kier alpha value is -2.14. The summed E-state index contributed by atoms with van der Waals surface area (Å²) < 4.78 is 0. The Morgan fingerprint density at radius 3 is 2.81 bits per heavy atom. The molecule has 1 aromatic carbocycles. The number of rotatable bonds is 3. The van der Waals surface area contributed by atoms with Crippen LogP contribution in [0.1, 0.15) is 70.4 Å². The van der Waals surface area contributed by atoms with E-state index in [0.717, 1.165) is 38.0 Å². The average Bonchev–Trinajstić information content (AvgIpc) is 3.30. The van der Waals surface area contributed by atoms with Crippen molar-refractivity contribution >= 4 is 5.91 Å². The predicted octanol–water partition coefficient (Wildman–Crippen LogP) is 2.95. The number of benzene rings is 1. The summed E-state index contributed by atoms with van der Waals surface area (Å²) in [5, 5.41) is 11.3. The van der Waals surface area contributed by atoms with Crippen LogP contribution < -0.4 is 5.32 Å². The molecule has 3 aliphatic rings. The summed E-state index contributed by atoms with van der Waals surface area (Å²) in [6.45, 7) is 3.49. The molecular weight excluding hydrogens is 324 g/mol. The quantitative estimate of drug-likeness (QED) is 0.895. The first-order valence-electron chi connectivity index (χ1n) is 9.96. The highest BCUT2D eigenvalue weighted by Crippen LogP contribution is 2.39. The molecule has 0 bridgehead atoms. The van der Waals surface area contributed by atoms with Gasteiger partial charge in [-0.2, -0.15) is 5.10 Å². The van der Waals surface area contributed by atoms with Crippen LogP contribution in [0.4, 0.5) is 0 Å². The first-order valence-corrected chi connectivity index (χ1v) is 9.96. The first-order chi connectivity index (χ1) is 12.8. The van der Waals surface area contributed by atoms with E-state index in [-0.39, 0.29) is 5.91 Å². The zero-order valence-electron chi connectivity index (χ0n) is 15.1. The molecule has 136 valence electrons. The van der Waals surface area contributed by atoms with Crippen LogP contribution >= 0.6 is 0 Å². The molecule has 1 aliphatic carbocycles. The summed E-state index contributed by atoms with van der Waals surface area (Å²) in [5.74, 6) is 1.23. The molecule has 5 rings (SSSR count). The number of aromatic amines is 1. The fourth-order valence-electron chi connectivity index (χ4n) is 4.65. The topological polar surface area (TPSA) is 61.0 Å². The van der Waals surface area contributed by atoms with E-state index in [1.807, 2.05) is 17.0 Å². The van der Waals surface area contributed by atoms with Crippen molar-refractivity contribution in [3.63, 3.8) is 0 Å². The number of amides is 1. The lowest BCUT2D eigenvalue weighted by Gasteiger charge is -2.31. The third kappa shape index (κ3) is 2.65. The Balaban J connectivity index is 1.41. The van der Waals surface area contributed by atoms with Crippen LogP contribution in [0.3, 0.4) is 0 Å². The monoisotopic (exact) mass is 350 g/mol. The van der Waals surface area contributed by atoms with Gasteiger partial charge in [-0.1, -0.05) is 24.6 Å². The Bertz CT molecular complexity index is 817. The van der Waals surface area contributed by atoms with E-state index < -0.39 is 0 Å². The summed E-state index contributed by atoms with van der Waals surface area (Å²) >= 11 is 0. The number of nitrogens with zero attached hydrogens (tertiary/aromatic N) is 2. The van der Waals surface area contributed by atoms with Gasteiger partial charge in [-0.3, -0.25) is 9.89 Å². The number of aromatic nitrogens is 2. The van der Waals surface area contributed by atoms with Crippen LogP contribution in [0.2, 0.25) is 0 Å². The third-order valence-electron chi connectivity index (χ3n) is 6.44. The molecule has 5 heteroatoms. The van der Waals surface area contributed by atoms with Gasteiger partial charge in [-0.05, 0) is 43.4 Å². The molecular formula is C21H26N4O. The molecule has 0 radical (unpaired) electrons. The Kier molecular flexibility index (Phi) is 4.04. The van der Waals surface area contributed by atoms with Crippen LogP contribution in [0.25, 0.3) is 0 Å². The van der Waals surface area contributed by atoms with Crippen LogP contribution in [-0.2, 0) is 13.0 Å². The third-order valence-corrected chi connectivity index (χ3v) is 6.44. The lowest BCUT2D eigenvalue weighted by atomic mass is 9.80. The molecule has 0 spiro atoms. The Morgan fingerprint density at radius 1 is 1.15 bits per heavy atom. The van der Waals surface area contributed by atoms with Crippen molar-refractivity contribution in [2.24, 2.45) is 0 Å². The van der Waals surface area contributed by atoms with Gasteiger partial charge in [-0.25, -0.2) is 0 Å². The SMILES string of the molecule is O=C(c1ccccc1[C@@H]1CCNC1)N1CCc2[nH]nc(C3CCC3)c2C1. The minimum Gasteiger partial charge on any atom is -0.334 e. The van der Waals surface area contributed by atoms with Gasteiger partial charge in [0.1, 0.15) is 0 Å². The van der Waals surface area contributed by atoms with Gasteiger partial charge in [0.25, 0.3) is 5.91 Å². The van der Waals surface area contributed by atoms with Gasteiger partial charge >= 0.3 is 0 Å². The molecule has 2 N–H and O–H groups in total. The number of nitrogens with one attached hydrogen (secondary N) is 2. The van der Waals surface area contributed by atoms with E-state index in [0.29, 0.717) is 18.4 Å². The molecule has 2 aliphatic heterocycles. The maximum atomic E-state index is 13.3. The summed E-state index contributed by atoms with van der Waals surface area (Å²) in [7, 11) is 0. The summed E-state index contributed by atoms with van der Waals surface area (Å²) in [4.78, 5) is 15.4. The molecule has 0 unspecified atom stereocenters. The number of hydrogen-bond acceptors (Lipinski definition) is 3. The molecule has 2 fully saturated rings. The van der Waals surface area contributed by atoms with E-state index in [2.05, 4.69) is 27.6 Å². The number of carbonyl (C=O) groups excluding carboxylic acids is 1. The van der Waals surface area contributed by atoms with E-state index >= 15 is 0 Å². The highest BCUT2D eigenvalue weighted by Gasteiger charge is 2.32. The highest BCUT2D eigenvalue weighted by molar-refractivity contribution is 5.96. The summed E-state index contributed by atoms with van der Waals surface area (Å²) in [6.07, 6.45) is 5.78. The highest BCUT2D eigenvalue weighted by atomic mass is 16.2. The van der Waals surface area contributed by atoms with Gasteiger partial charge in [-0.15, -0.1) is 0 Å². The second-order valence-electron chi connectivity index (χ2n) is 7.95. The van der Waals surface area contributed by atoms with Crippen molar-refractivity contribution in [2.45, 2.75) is 50.5 Å². The Morgan fingerprint density at radius 2 is 2.04 bits per heavy atom. The van der Waals surface area contributed by atoms with Crippen LogP contribution in [0, 0.1) is 0 Å². The predicted molar refractivity (Wildman–Crippen MR) is 100 cm³/mol. The van der Waals surface area contributed by atoms with Crippen molar-refractivity contribution in [3.8, 4) is 0 Å². The van der Waals surface area contributed by atoms with Crippen molar-refractivity contribution in [1.82, 2.24) is 20.4 Å². The van der Waals surface area contributed by atoms with Crippen LogP contribution in [0.5, 0.6) is 0 Å². The molecule has 3 heterocycles. The fraction of sp³-hybridized carbons (Fsp3) is 0.524. The van der Waals surface area contributed by atoms with Crippen LogP contribution in [-0.4, -0.2) is 40.6 Å². The van der Waals surface area contributed by atoms with E-state index in [9.17, 15) is 4.79 Å². The van der Waals surface area contributed by atoms with Crippen LogP contribution in [0.15, 0.2) is 24.3 Å². The first kappa shape index (κ1) is 16.1. The number of hydrogen-bond donors (Lipinski definition) is 2. The van der Waals surface area contributed by atoms with Gasteiger partial charge in [0.15, 0.2) is 0 Å². The fourth-order valence-corrected chi connectivity index (χ4v) is 4.65. The lowest BCUT2D eigenvalue weighted by molar-refractivity contribution is 0.0732. The maximum Gasteiger partial charge on any atom is 0.254 e. The normalized spacial score (nSPS) is 22.9. The smallest absolute Gasteiger partial charge is 0.254 e. The number of carbonyl (C=O) groups is 1. The van der Waals surface area contributed by atoms with Crippen molar-refractivity contribution < 1.29 is 4.79 Å². The second-order valence-corrected chi connectivity index (χ2v) is 7.95. The standard InChI is InChI=1S/C21H26N4O/c26-21(17-7-2-1-6-16(17)15-8-10-22-12-15)25-11-9-19-18(13-25)20(24-23-19)14-4-3-5-14/h1-2,6-7,14-15,22H,3-5,8-13H2,(H,23,24)/t15-/m1/s1. The molecule has 5 nitrogen and oxygen atoms in total. The maximum absolute atomic E-state index is 13.3. The lowest BCUT2D eigenvalue weighted by Crippen LogP contribution is -2.37. The van der Waals surface area contributed by atoms with Crippen molar-refractivity contribution in [1.29, 1.82) is 0 Å². The minimum absolute atomic E-state index is 0.180. The largest absolute Gasteiger partial charge is 0.334 e. The van der Waals surface area contributed by atoms with Gasteiger partial charge in [0, 0.05) is 48.8 Å². The zero-order chi connectivity index (χ0) is 17.5. The molecule has 1 saturated heterocycles. The van der Waals surface area contributed by atoms with Gasteiger partial charge < -0.3 is 10.2 Å². The van der Waals surface area contributed by atoms with Crippen molar-refractivity contribution in [3.05, 3.63) is 52.3 Å². The van der Waals surface area contributed by atoms with E-state index in [4.69, 9.17) is 0 Å². The Labute approximate surface area is 154 Å². The second kappa shape index (κ2) is 6.54. The molecule has 1 amide bonds. The number of fused-ring (bicyclic) bond motifs is 1. The molecule has 2 aromatic rings. The average molecular weight is 350 g/mol. The molecule has 1 atom stereocenters. The van der Waals surface area contributed by atoms with Crippen molar-refractivity contribution in [2.75, 3.05) is 19.6 Å². The number of H-pyrrole nitrogens is 1. The summed E-state index contributed by atoms with van der Waals surface area (Å²) in [5.41, 5.74) is 5.84. The molecule has 1 saturated carbocycles.